The molecular weight excluding hydrogens is 480 g/mol. The van der Waals surface area contributed by atoms with Gasteiger partial charge in [-0.1, -0.05) is 72.2 Å². The van der Waals surface area contributed by atoms with E-state index in [4.69, 9.17) is 9.47 Å². The van der Waals surface area contributed by atoms with Crippen LogP contribution in [-0.4, -0.2) is 18.7 Å². The maximum Gasteiger partial charge on any atom is 0.306 e. The van der Waals surface area contributed by atoms with Crippen LogP contribution in [0, 0.1) is 11.8 Å². The van der Waals surface area contributed by atoms with E-state index in [0.29, 0.717) is 24.9 Å². The molecule has 0 aromatic heterocycles. The lowest BCUT2D eigenvalue weighted by Crippen LogP contribution is -2.23. The molecule has 0 aliphatic heterocycles. The monoisotopic (exact) mass is 516 g/mol. The summed E-state index contributed by atoms with van der Waals surface area (Å²) in [6, 6.07) is 17.6. The SMILES string of the molecule is O=C(CC1CCC(Oc2ccc(C3c4ccccc4CCC3C3=C=C=CC=C3)cc2)C1)OCC1=CCCC=C1. The van der Waals surface area contributed by atoms with Gasteiger partial charge in [-0.3, -0.25) is 4.79 Å². The number of rotatable bonds is 8. The second-order valence-electron chi connectivity index (χ2n) is 11.2. The molecule has 0 N–H and O–H groups in total. The lowest BCUT2D eigenvalue weighted by atomic mass is 9.69. The van der Waals surface area contributed by atoms with Crippen molar-refractivity contribution in [2.45, 2.75) is 63.4 Å². The molecule has 1 saturated carbocycles. The van der Waals surface area contributed by atoms with Crippen molar-refractivity contribution < 1.29 is 14.3 Å². The largest absolute Gasteiger partial charge is 0.490 e. The Morgan fingerprint density at radius 2 is 1.87 bits per heavy atom. The molecule has 1 fully saturated rings. The zero-order valence-corrected chi connectivity index (χ0v) is 22.5. The maximum atomic E-state index is 12.4. The van der Waals surface area contributed by atoms with Crippen LogP contribution in [0.15, 0.2) is 108 Å². The highest BCUT2D eigenvalue weighted by Crippen LogP contribution is 2.45. The average Bonchev–Trinajstić information content (AvgIpc) is 3.43. The van der Waals surface area contributed by atoms with Crippen molar-refractivity contribution in [3.05, 3.63) is 124 Å². The first-order chi connectivity index (χ1) is 19.2. The summed E-state index contributed by atoms with van der Waals surface area (Å²) in [5.74, 6) is 1.81. The predicted octanol–water partition coefficient (Wildman–Crippen LogP) is 7.94. The van der Waals surface area contributed by atoms with E-state index in [2.05, 4.69) is 90.4 Å². The van der Waals surface area contributed by atoms with E-state index in [1.54, 1.807) is 0 Å². The van der Waals surface area contributed by atoms with Gasteiger partial charge in [-0.2, -0.15) is 0 Å². The van der Waals surface area contributed by atoms with Crippen molar-refractivity contribution in [3.8, 4) is 5.75 Å². The Hall–Kier alpha value is -3.77. The second kappa shape index (κ2) is 12.0. The van der Waals surface area contributed by atoms with Gasteiger partial charge < -0.3 is 9.47 Å². The number of ether oxygens (including phenoxy) is 2. The number of hydrogen-bond donors (Lipinski definition) is 0. The van der Waals surface area contributed by atoms with E-state index in [9.17, 15) is 4.79 Å². The first kappa shape index (κ1) is 25.5. The Morgan fingerprint density at radius 1 is 0.974 bits per heavy atom. The molecule has 2 aromatic carbocycles. The summed E-state index contributed by atoms with van der Waals surface area (Å²) in [5.41, 5.74) is 13.1. The third-order valence-electron chi connectivity index (χ3n) is 8.55. The summed E-state index contributed by atoms with van der Waals surface area (Å²) in [7, 11) is 0. The standard InChI is InChI=1S/C36H36O3/c37-35(38-25-26-9-3-1-4-10-26)24-27-15-19-32(23-27)39-31-20-16-30(17-21-31)36-33-14-8-7-13-29(33)18-22-34(36)28-11-5-2-6-12-28/h2-3,5,7-11,13-14,16-17,20-21,27,32,34,36H,1,4,15,18-19,22-25H2. The summed E-state index contributed by atoms with van der Waals surface area (Å²) in [4.78, 5) is 12.4. The molecule has 2 aromatic rings. The summed E-state index contributed by atoms with van der Waals surface area (Å²) in [6.07, 6.45) is 20.4. The normalized spacial score (nSPS) is 25.1. The van der Waals surface area contributed by atoms with Crippen LogP contribution < -0.4 is 4.74 Å². The molecule has 3 heteroatoms. The Kier molecular flexibility index (Phi) is 7.82. The Morgan fingerprint density at radius 3 is 2.69 bits per heavy atom. The zero-order chi connectivity index (χ0) is 26.4. The first-order valence-electron chi connectivity index (χ1n) is 14.5. The number of aryl methyl sites for hydroxylation is 1. The van der Waals surface area contributed by atoms with Gasteiger partial charge in [0.05, 0.1) is 6.10 Å². The summed E-state index contributed by atoms with van der Waals surface area (Å²) in [5, 5.41) is 0. The Balaban J connectivity index is 1.08. The number of benzene rings is 2. The van der Waals surface area contributed by atoms with Crippen LogP contribution in [-0.2, 0) is 16.0 Å². The Bertz CT molecular complexity index is 1390. The number of esters is 1. The van der Waals surface area contributed by atoms with Crippen molar-refractivity contribution in [3.63, 3.8) is 0 Å². The molecule has 4 aliphatic rings. The summed E-state index contributed by atoms with van der Waals surface area (Å²) >= 11 is 0. The molecule has 0 bridgehead atoms. The molecule has 0 heterocycles. The molecule has 4 unspecified atom stereocenters. The molecular formula is C36H36O3. The van der Waals surface area contributed by atoms with Gasteiger partial charge in [0.15, 0.2) is 0 Å². The fourth-order valence-corrected chi connectivity index (χ4v) is 6.59. The van der Waals surface area contributed by atoms with E-state index >= 15 is 0 Å². The van der Waals surface area contributed by atoms with Gasteiger partial charge in [-0.05, 0) is 97.4 Å². The third kappa shape index (κ3) is 6.12. The fraction of sp³-hybridized carbons (Fsp3) is 0.361. The van der Waals surface area contributed by atoms with E-state index in [1.807, 2.05) is 6.08 Å². The molecule has 3 nitrogen and oxygen atoms in total. The highest BCUT2D eigenvalue weighted by molar-refractivity contribution is 5.70. The summed E-state index contributed by atoms with van der Waals surface area (Å²) < 4.78 is 11.9. The van der Waals surface area contributed by atoms with E-state index < -0.39 is 0 Å². The van der Waals surface area contributed by atoms with Gasteiger partial charge in [0.25, 0.3) is 0 Å². The predicted molar refractivity (Wildman–Crippen MR) is 155 cm³/mol. The van der Waals surface area contributed by atoms with Crippen molar-refractivity contribution in [2.75, 3.05) is 6.61 Å². The van der Waals surface area contributed by atoms with Gasteiger partial charge in [0.2, 0.25) is 0 Å². The van der Waals surface area contributed by atoms with Gasteiger partial charge in [0, 0.05) is 23.8 Å². The second-order valence-corrected chi connectivity index (χ2v) is 11.2. The van der Waals surface area contributed by atoms with E-state index in [-0.39, 0.29) is 18.0 Å². The van der Waals surface area contributed by atoms with Crippen LogP contribution >= 0.6 is 0 Å². The van der Waals surface area contributed by atoms with Gasteiger partial charge in [0.1, 0.15) is 12.4 Å². The molecule has 0 amide bonds. The maximum absolute atomic E-state index is 12.4. The van der Waals surface area contributed by atoms with Crippen LogP contribution in [0.3, 0.4) is 0 Å². The topological polar surface area (TPSA) is 35.5 Å². The van der Waals surface area contributed by atoms with E-state index in [1.165, 1.54) is 22.3 Å². The van der Waals surface area contributed by atoms with Crippen LogP contribution in [0.2, 0.25) is 0 Å². The van der Waals surface area contributed by atoms with Gasteiger partial charge in [-0.25, -0.2) is 0 Å². The molecule has 0 radical (unpaired) electrons. The van der Waals surface area contributed by atoms with Gasteiger partial charge in [-0.15, -0.1) is 0 Å². The molecule has 6 rings (SSSR count). The lowest BCUT2D eigenvalue weighted by molar-refractivity contribution is -0.143. The minimum atomic E-state index is -0.0968. The number of hydrogen-bond acceptors (Lipinski definition) is 3. The van der Waals surface area contributed by atoms with Crippen LogP contribution in [0.25, 0.3) is 0 Å². The van der Waals surface area contributed by atoms with Crippen molar-refractivity contribution >= 4 is 5.97 Å². The fourth-order valence-electron chi connectivity index (χ4n) is 6.59. The summed E-state index contributed by atoms with van der Waals surface area (Å²) in [6.45, 7) is 0.390. The first-order valence-corrected chi connectivity index (χ1v) is 14.5. The molecule has 198 valence electrons. The van der Waals surface area contributed by atoms with E-state index in [0.717, 1.165) is 56.3 Å². The molecule has 0 spiro atoms. The molecule has 4 atom stereocenters. The lowest BCUT2D eigenvalue weighted by Gasteiger charge is -2.34. The molecule has 0 saturated heterocycles. The molecule has 4 aliphatic carbocycles. The number of fused-ring (bicyclic) bond motifs is 1. The number of carbonyl (C=O) groups excluding carboxylic acids is 1. The third-order valence-corrected chi connectivity index (χ3v) is 8.55. The van der Waals surface area contributed by atoms with Gasteiger partial charge >= 0.3 is 5.97 Å². The number of allylic oxidation sites excluding steroid dienone is 6. The number of carbonyl (C=O) groups is 1. The van der Waals surface area contributed by atoms with Crippen molar-refractivity contribution in [1.82, 2.24) is 0 Å². The smallest absolute Gasteiger partial charge is 0.306 e. The zero-order valence-electron chi connectivity index (χ0n) is 22.5. The Labute approximate surface area is 231 Å². The van der Waals surface area contributed by atoms with Crippen molar-refractivity contribution in [1.29, 1.82) is 0 Å². The molecule has 39 heavy (non-hydrogen) atoms. The minimum Gasteiger partial charge on any atom is -0.490 e. The van der Waals surface area contributed by atoms with Crippen LogP contribution in [0.5, 0.6) is 5.75 Å². The highest BCUT2D eigenvalue weighted by Gasteiger charge is 2.33. The van der Waals surface area contributed by atoms with Crippen LogP contribution in [0.1, 0.15) is 67.6 Å². The minimum absolute atomic E-state index is 0.0968. The average molecular weight is 517 g/mol. The highest BCUT2D eigenvalue weighted by atomic mass is 16.5. The van der Waals surface area contributed by atoms with Crippen molar-refractivity contribution in [2.24, 2.45) is 11.8 Å². The quantitative estimate of drug-likeness (QED) is 0.264. The van der Waals surface area contributed by atoms with Crippen LogP contribution in [0.4, 0.5) is 0 Å².